The Morgan fingerprint density at radius 3 is 3.13 bits per heavy atom. The molecule has 2 aromatic rings. The van der Waals surface area contributed by atoms with Crippen LogP contribution in [0, 0.1) is 4.64 Å². The Hall–Kier alpha value is -1.60. The Balaban J connectivity index is 2.23. The summed E-state index contributed by atoms with van der Waals surface area (Å²) in [5.74, 6) is -0.284. The van der Waals surface area contributed by atoms with Gasteiger partial charge in [0.2, 0.25) is 5.13 Å². The van der Waals surface area contributed by atoms with Gasteiger partial charge in [0.15, 0.2) is 0 Å². The largest absolute Gasteiger partial charge is 0.352 e. The Morgan fingerprint density at radius 2 is 2.47 bits per heavy atom. The summed E-state index contributed by atoms with van der Waals surface area (Å²) >= 11 is 6.23. The molecule has 0 aliphatic rings. The van der Waals surface area contributed by atoms with Crippen LogP contribution in [0.4, 0.5) is 5.13 Å². The van der Waals surface area contributed by atoms with E-state index in [-0.39, 0.29) is 5.91 Å². The van der Waals surface area contributed by atoms with E-state index in [4.69, 9.17) is 12.2 Å². The van der Waals surface area contributed by atoms with Gasteiger partial charge in [0, 0.05) is 6.20 Å². The molecule has 0 aliphatic heterocycles. The number of carbonyl (C=O) groups excluding carboxylic acids is 1. The number of hydrogen-bond donors (Lipinski definition) is 2. The fourth-order valence-electron chi connectivity index (χ4n) is 0.992. The molecule has 0 saturated carbocycles. The van der Waals surface area contributed by atoms with Crippen molar-refractivity contribution in [2.45, 2.75) is 0 Å². The van der Waals surface area contributed by atoms with Crippen LogP contribution in [0.15, 0.2) is 23.8 Å². The van der Waals surface area contributed by atoms with Gasteiger partial charge in [0.25, 0.3) is 5.91 Å². The van der Waals surface area contributed by atoms with Gasteiger partial charge in [-0.1, -0.05) is 23.6 Å². The molecule has 0 atom stereocenters. The van der Waals surface area contributed by atoms with Crippen molar-refractivity contribution in [1.82, 2.24) is 15.2 Å². The molecule has 5 nitrogen and oxygen atoms in total. The molecule has 0 spiro atoms. The first-order chi connectivity index (χ1) is 7.27. The van der Waals surface area contributed by atoms with Gasteiger partial charge in [0.1, 0.15) is 10.2 Å². The van der Waals surface area contributed by atoms with E-state index in [0.29, 0.717) is 15.3 Å². The second kappa shape index (κ2) is 4.28. The number of nitrogens with zero attached hydrogens (tertiary/aromatic N) is 2. The molecular formula is C8H6N4OS2. The van der Waals surface area contributed by atoms with Crippen molar-refractivity contribution in [1.29, 1.82) is 0 Å². The number of nitrogens with one attached hydrogen (secondary N) is 2. The predicted octanol–water partition coefficient (Wildman–Crippen LogP) is 1.85. The van der Waals surface area contributed by atoms with Crippen molar-refractivity contribution < 1.29 is 4.79 Å². The lowest BCUT2D eigenvalue weighted by atomic mass is 10.3. The molecular weight excluding hydrogens is 232 g/mol. The maximum Gasteiger partial charge on any atom is 0.260 e. The van der Waals surface area contributed by atoms with E-state index < -0.39 is 0 Å². The average molecular weight is 238 g/mol. The second-order valence-corrected chi connectivity index (χ2v) is 3.85. The number of amides is 1. The maximum atomic E-state index is 11.7. The molecule has 7 heteroatoms. The van der Waals surface area contributed by atoms with E-state index in [9.17, 15) is 4.79 Å². The molecule has 0 aliphatic carbocycles. The third-order valence-corrected chi connectivity index (χ3v) is 2.59. The SMILES string of the molecule is O=C(Nc1nncs1)c1ccc[nH]c1=S. The summed E-state index contributed by atoms with van der Waals surface area (Å²) in [4.78, 5) is 14.5. The summed E-state index contributed by atoms with van der Waals surface area (Å²) in [5, 5.41) is 10.4. The van der Waals surface area contributed by atoms with E-state index in [0.717, 1.165) is 0 Å². The number of carbonyl (C=O) groups is 1. The molecule has 1 amide bonds. The first-order valence-electron chi connectivity index (χ1n) is 4.02. The molecule has 0 radical (unpaired) electrons. The number of H-pyrrole nitrogens is 1. The van der Waals surface area contributed by atoms with Crippen LogP contribution < -0.4 is 5.32 Å². The van der Waals surface area contributed by atoms with Gasteiger partial charge in [-0.15, -0.1) is 10.2 Å². The summed E-state index contributed by atoms with van der Waals surface area (Å²) in [6.07, 6.45) is 1.67. The number of aromatic nitrogens is 3. The van der Waals surface area contributed by atoms with E-state index in [2.05, 4.69) is 20.5 Å². The van der Waals surface area contributed by atoms with E-state index >= 15 is 0 Å². The summed E-state index contributed by atoms with van der Waals surface area (Å²) in [6, 6.07) is 3.36. The number of anilines is 1. The maximum absolute atomic E-state index is 11.7. The highest BCUT2D eigenvalue weighted by Gasteiger charge is 2.08. The van der Waals surface area contributed by atoms with Crippen LogP contribution >= 0.6 is 23.6 Å². The minimum Gasteiger partial charge on any atom is -0.352 e. The summed E-state index contributed by atoms with van der Waals surface area (Å²) in [5.41, 5.74) is 1.96. The summed E-state index contributed by atoms with van der Waals surface area (Å²) < 4.78 is 0.402. The molecule has 2 aromatic heterocycles. The number of pyridine rings is 1. The number of hydrogen-bond acceptors (Lipinski definition) is 5. The molecule has 0 aromatic carbocycles. The quantitative estimate of drug-likeness (QED) is 0.783. The Bertz CT molecular complexity index is 519. The van der Waals surface area contributed by atoms with Crippen LogP contribution in [0.3, 0.4) is 0 Å². The van der Waals surface area contributed by atoms with Crippen LogP contribution in [0.1, 0.15) is 10.4 Å². The van der Waals surface area contributed by atoms with Gasteiger partial charge in [-0.3, -0.25) is 10.1 Å². The monoisotopic (exact) mass is 238 g/mol. The van der Waals surface area contributed by atoms with Crippen LogP contribution in [0.5, 0.6) is 0 Å². The molecule has 0 bridgehead atoms. The van der Waals surface area contributed by atoms with Crippen molar-refractivity contribution in [2.24, 2.45) is 0 Å². The fraction of sp³-hybridized carbons (Fsp3) is 0. The molecule has 76 valence electrons. The van der Waals surface area contributed by atoms with Crippen molar-refractivity contribution in [2.75, 3.05) is 5.32 Å². The molecule has 15 heavy (non-hydrogen) atoms. The molecule has 0 fully saturated rings. The van der Waals surface area contributed by atoms with Gasteiger partial charge in [0.05, 0.1) is 5.56 Å². The Morgan fingerprint density at radius 1 is 1.60 bits per heavy atom. The normalized spacial score (nSPS) is 9.87. The lowest BCUT2D eigenvalue weighted by Gasteiger charge is -2.00. The minimum absolute atomic E-state index is 0.284. The van der Waals surface area contributed by atoms with Crippen molar-refractivity contribution in [3.8, 4) is 0 Å². The highest BCUT2D eigenvalue weighted by molar-refractivity contribution is 7.71. The zero-order valence-corrected chi connectivity index (χ0v) is 9.06. The zero-order chi connectivity index (χ0) is 10.7. The first-order valence-corrected chi connectivity index (χ1v) is 5.31. The number of aromatic amines is 1. The van der Waals surface area contributed by atoms with E-state index in [1.54, 1.807) is 23.8 Å². The Labute approximate surface area is 94.2 Å². The van der Waals surface area contributed by atoms with Crippen LogP contribution in [-0.4, -0.2) is 21.1 Å². The van der Waals surface area contributed by atoms with Crippen molar-refractivity contribution in [3.63, 3.8) is 0 Å². The molecule has 2 rings (SSSR count). The highest BCUT2D eigenvalue weighted by atomic mass is 32.1. The van der Waals surface area contributed by atoms with Crippen LogP contribution in [0.25, 0.3) is 0 Å². The standard InChI is InChI=1S/C8H6N4OS2/c13-6(11-8-12-10-4-15-8)5-2-1-3-9-7(5)14/h1-4H,(H,9,14)(H,11,12,13). The second-order valence-electron chi connectivity index (χ2n) is 2.61. The van der Waals surface area contributed by atoms with E-state index in [1.807, 2.05) is 0 Å². The van der Waals surface area contributed by atoms with Crippen LogP contribution in [0.2, 0.25) is 0 Å². The fourth-order valence-corrected chi connectivity index (χ4v) is 1.66. The van der Waals surface area contributed by atoms with Crippen LogP contribution in [-0.2, 0) is 0 Å². The van der Waals surface area contributed by atoms with Gasteiger partial charge >= 0.3 is 0 Å². The Kier molecular flexibility index (Phi) is 2.84. The predicted molar refractivity (Wildman–Crippen MR) is 59.5 cm³/mol. The first kappa shape index (κ1) is 9.94. The molecule has 0 unspecified atom stereocenters. The highest BCUT2D eigenvalue weighted by Crippen LogP contribution is 2.10. The third-order valence-electron chi connectivity index (χ3n) is 1.64. The molecule has 2 N–H and O–H groups in total. The third kappa shape index (κ3) is 2.25. The molecule has 2 heterocycles. The smallest absolute Gasteiger partial charge is 0.260 e. The van der Waals surface area contributed by atoms with Gasteiger partial charge in [-0.25, -0.2) is 0 Å². The lowest BCUT2D eigenvalue weighted by molar-refractivity contribution is 0.102. The lowest BCUT2D eigenvalue weighted by Crippen LogP contribution is -2.12. The minimum atomic E-state index is -0.284. The molecule has 0 saturated heterocycles. The van der Waals surface area contributed by atoms with Crippen molar-refractivity contribution >= 4 is 34.6 Å². The van der Waals surface area contributed by atoms with E-state index in [1.165, 1.54) is 11.3 Å². The summed E-state index contributed by atoms with van der Waals surface area (Å²) in [7, 11) is 0. The average Bonchev–Trinajstić information content (AvgIpc) is 2.71. The number of rotatable bonds is 2. The van der Waals surface area contributed by atoms with Gasteiger partial charge in [-0.05, 0) is 12.1 Å². The van der Waals surface area contributed by atoms with Crippen molar-refractivity contribution in [3.05, 3.63) is 34.0 Å². The zero-order valence-electron chi connectivity index (χ0n) is 7.43. The summed E-state index contributed by atoms with van der Waals surface area (Å²) in [6.45, 7) is 0. The van der Waals surface area contributed by atoms with Gasteiger partial charge < -0.3 is 4.98 Å². The topological polar surface area (TPSA) is 70.7 Å². The van der Waals surface area contributed by atoms with Gasteiger partial charge in [-0.2, -0.15) is 0 Å².